The van der Waals surface area contributed by atoms with Gasteiger partial charge in [-0.2, -0.15) is 0 Å². The molecule has 0 aliphatic heterocycles. The fourth-order valence-corrected chi connectivity index (χ4v) is 4.22. The van der Waals surface area contributed by atoms with Gasteiger partial charge in [0.05, 0.1) is 4.90 Å². The summed E-state index contributed by atoms with van der Waals surface area (Å²) >= 11 is 1.10. The van der Waals surface area contributed by atoms with Crippen molar-refractivity contribution >= 4 is 44.0 Å². The number of carbonyl (C=O) groups is 1. The van der Waals surface area contributed by atoms with Crippen molar-refractivity contribution in [2.75, 3.05) is 0 Å². The number of benzene rings is 2. The molecule has 32 heavy (non-hydrogen) atoms. The Morgan fingerprint density at radius 3 is 2.25 bits per heavy atom. The molecule has 1 aromatic heterocycles. The first kappa shape index (κ1) is 23.1. The molecule has 0 unspecified atom stereocenters. The Balaban J connectivity index is 2.05. The van der Waals surface area contributed by atoms with Gasteiger partial charge in [0.1, 0.15) is 5.84 Å². The number of aliphatic imine (C=N–C) groups is 1. The summed E-state index contributed by atoms with van der Waals surface area (Å²) in [5, 5.41) is 14.6. The minimum absolute atomic E-state index is 0.0103. The topological polar surface area (TPSA) is 175 Å². The van der Waals surface area contributed by atoms with Gasteiger partial charge in [0, 0.05) is 22.6 Å². The predicted octanol–water partition coefficient (Wildman–Crippen LogP) is 2.40. The summed E-state index contributed by atoms with van der Waals surface area (Å²) in [5.74, 6) is -1.07. The van der Waals surface area contributed by atoms with Gasteiger partial charge >= 0.3 is 5.97 Å². The Hall–Kier alpha value is -3.54. The number of rotatable bonds is 7. The van der Waals surface area contributed by atoms with E-state index < -0.39 is 16.0 Å². The summed E-state index contributed by atoms with van der Waals surface area (Å²) in [5.41, 5.74) is 14.9. The number of carboxylic acids is 1. The maximum atomic E-state index is 11.5. The van der Waals surface area contributed by atoms with Gasteiger partial charge in [-0.1, -0.05) is 53.8 Å². The van der Waals surface area contributed by atoms with Crippen LogP contribution in [0, 0.1) is 6.92 Å². The molecule has 0 radical (unpaired) electrons. The van der Waals surface area contributed by atoms with Crippen molar-refractivity contribution in [3.63, 3.8) is 0 Å². The number of aromatic carboxylic acids is 1. The van der Waals surface area contributed by atoms with Crippen molar-refractivity contribution in [2.24, 2.45) is 21.6 Å². The maximum absolute atomic E-state index is 11.5. The number of hydrogen-bond donors (Lipinski definition) is 4. The maximum Gasteiger partial charge on any atom is 0.355 e. The normalized spacial score (nSPS) is 13.0. The number of carboxylic acid groups (broad SMARTS) is 1. The molecule has 7 N–H and O–H groups in total. The van der Waals surface area contributed by atoms with Crippen molar-refractivity contribution in [3.8, 4) is 0 Å². The van der Waals surface area contributed by atoms with E-state index in [4.69, 9.17) is 16.6 Å². The Kier molecular flexibility index (Phi) is 6.72. The van der Waals surface area contributed by atoms with Crippen molar-refractivity contribution in [2.45, 2.75) is 18.2 Å². The van der Waals surface area contributed by atoms with Gasteiger partial charge in [-0.15, -0.1) is 0 Å². The van der Waals surface area contributed by atoms with E-state index in [0.717, 1.165) is 22.5 Å². The van der Waals surface area contributed by atoms with Crippen LogP contribution in [0.15, 0.2) is 70.1 Å². The zero-order valence-corrected chi connectivity index (χ0v) is 18.7. The van der Waals surface area contributed by atoms with Crippen LogP contribution in [-0.2, 0) is 16.4 Å². The smallest absolute Gasteiger partial charge is 0.355 e. The number of primary sulfonamides is 1. The van der Waals surface area contributed by atoms with Crippen LogP contribution in [0.1, 0.15) is 26.5 Å². The highest BCUT2D eigenvalue weighted by atomic mass is 32.2. The number of nitrogens with two attached hydrogens (primary N) is 3. The number of hydrogen-bond acceptors (Lipinski definition) is 7. The van der Waals surface area contributed by atoms with Gasteiger partial charge in [-0.25, -0.2) is 28.3 Å². The molecule has 0 atom stereocenters. The van der Waals surface area contributed by atoms with Crippen molar-refractivity contribution in [3.05, 3.63) is 81.9 Å². The first-order valence-corrected chi connectivity index (χ1v) is 11.6. The van der Waals surface area contributed by atoms with Crippen LogP contribution in [-0.4, -0.2) is 30.3 Å². The standard InChI is InChI=1S/C21H21N5O4S2/c1-12-18(20(27)28)25-21(31-12)26-19(23)16(17(22)14-5-3-2-4-6-14)11-13-7-9-15(10-8-13)32(24,29)30/h2-10H,11,22H2,1H3,(H,27,28)(H2,23,25,26)(H2,24,29,30). The number of sulfonamides is 1. The van der Waals surface area contributed by atoms with Gasteiger partial charge < -0.3 is 16.6 Å². The highest BCUT2D eigenvalue weighted by molar-refractivity contribution is 7.89. The lowest BCUT2D eigenvalue weighted by Crippen LogP contribution is -2.20. The molecule has 9 nitrogen and oxygen atoms in total. The second-order valence-corrected chi connectivity index (χ2v) is 9.57. The fraction of sp³-hybridized carbons (Fsp3) is 0.0952. The average Bonchev–Trinajstić information content (AvgIpc) is 3.12. The molecule has 11 heteroatoms. The molecule has 166 valence electrons. The lowest BCUT2D eigenvalue weighted by Gasteiger charge is -2.13. The summed E-state index contributed by atoms with van der Waals surface area (Å²) in [4.78, 5) is 20.1. The molecule has 0 aliphatic carbocycles. The van der Waals surface area contributed by atoms with Crippen LogP contribution in [0.4, 0.5) is 5.13 Å². The third-order valence-corrected chi connectivity index (χ3v) is 6.35. The lowest BCUT2D eigenvalue weighted by molar-refractivity contribution is 0.0690. The van der Waals surface area contributed by atoms with E-state index in [1.165, 1.54) is 12.1 Å². The summed E-state index contributed by atoms with van der Waals surface area (Å²) in [6.45, 7) is 1.64. The molecular formula is C21H21N5O4S2. The Morgan fingerprint density at radius 1 is 1.09 bits per heavy atom. The van der Waals surface area contributed by atoms with Crippen molar-refractivity contribution in [1.82, 2.24) is 4.98 Å². The predicted molar refractivity (Wildman–Crippen MR) is 124 cm³/mol. The Labute approximate surface area is 189 Å². The van der Waals surface area contributed by atoms with Crippen LogP contribution in [0.2, 0.25) is 0 Å². The number of thiazole rings is 1. The molecular weight excluding hydrogens is 450 g/mol. The molecule has 0 saturated heterocycles. The van der Waals surface area contributed by atoms with E-state index in [-0.39, 0.29) is 28.0 Å². The molecule has 3 rings (SSSR count). The highest BCUT2D eigenvalue weighted by Gasteiger charge is 2.17. The first-order valence-electron chi connectivity index (χ1n) is 9.27. The molecule has 0 amide bonds. The third-order valence-electron chi connectivity index (χ3n) is 4.56. The molecule has 0 saturated carbocycles. The number of aromatic nitrogens is 1. The molecule has 0 fully saturated rings. The van der Waals surface area contributed by atoms with E-state index in [2.05, 4.69) is 9.98 Å². The van der Waals surface area contributed by atoms with Crippen molar-refractivity contribution < 1.29 is 18.3 Å². The van der Waals surface area contributed by atoms with Crippen LogP contribution in [0.5, 0.6) is 0 Å². The SMILES string of the molecule is Cc1sc(N=C(N)C(Cc2ccc(S(N)(=O)=O)cc2)=C(N)c2ccccc2)nc1C(=O)O. The van der Waals surface area contributed by atoms with E-state index >= 15 is 0 Å². The number of aryl methyl sites for hydroxylation is 1. The van der Waals surface area contributed by atoms with E-state index in [1.807, 2.05) is 30.3 Å². The average molecular weight is 472 g/mol. The van der Waals surface area contributed by atoms with Crippen molar-refractivity contribution in [1.29, 1.82) is 0 Å². The van der Waals surface area contributed by atoms with E-state index in [1.54, 1.807) is 19.1 Å². The Morgan fingerprint density at radius 2 is 1.72 bits per heavy atom. The lowest BCUT2D eigenvalue weighted by atomic mass is 9.99. The largest absolute Gasteiger partial charge is 0.476 e. The second kappa shape index (κ2) is 9.30. The minimum Gasteiger partial charge on any atom is -0.476 e. The first-order chi connectivity index (χ1) is 15.1. The zero-order chi connectivity index (χ0) is 23.5. The fourth-order valence-electron chi connectivity index (χ4n) is 2.92. The zero-order valence-electron chi connectivity index (χ0n) is 17.0. The summed E-state index contributed by atoms with van der Waals surface area (Å²) in [6, 6.07) is 15.2. The van der Waals surface area contributed by atoms with Gasteiger partial charge in [-0.05, 0) is 30.2 Å². The van der Waals surface area contributed by atoms with Gasteiger partial charge in [0.2, 0.25) is 15.2 Å². The second-order valence-electron chi connectivity index (χ2n) is 6.83. The van der Waals surface area contributed by atoms with Gasteiger partial charge in [0.15, 0.2) is 5.69 Å². The molecule has 1 heterocycles. The van der Waals surface area contributed by atoms with Crippen LogP contribution >= 0.6 is 11.3 Å². The van der Waals surface area contributed by atoms with Crippen LogP contribution in [0.25, 0.3) is 5.70 Å². The van der Waals surface area contributed by atoms with Gasteiger partial charge in [0.25, 0.3) is 0 Å². The molecule has 0 spiro atoms. The minimum atomic E-state index is -3.81. The Bertz CT molecular complexity index is 1310. The van der Waals surface area contributed by atoms with E-state index in [9.17, 15) is 18.3 Å². The summed E-state index contributed by atoms with van der Waals surface area (Å²) in [6.07, 6.45) is 0.247. The quantitative estimate of drug-likeness (QED) is 0.302. The molecule has 0 aliphatic rings. The van der Waals surface area contributed by atoms with Gasteiger partial charge in [-0.3, -0.25) is 0 Å². The van der Waals surface area contributed by atoms with Crippen LogP contribution in [0.3, 0.4) is 0 Å². The number of nitrogens with zero attached hydrogens (tertiary/aromatic N) is 2. The summed E-state index contributed by atoms with van der Waals surface area (Å²) < 4.78 is 23.0. The van der Waals surface area contributed by atoms with E-state index in [0.29, 0.717) is 16.1 Å². The third kappa shape index (κ3) is 5.38. The highest BCUT2D eigenvalue weighted by Crippen LogP contribution is 2.26. The molecule has 2 aromatic carbocycles. The molecule has 0 bridgehead atoms. The number of amidine groups is 1. The monoisotopic (exact) mass is 471 g/mol. The van der Waals surface area contributed by atoms with Crippen LogP contribution < -0.4 is 16.6 Å². The summed E-state index contributed by atoms with van der Waals surface area (Å²) in [7, 11) is -3.81. The molecule has 3 aromatic rings.